The van der Waals surface area contributed by atoms with Gasteiger partial charge in [-0.05, 0) is 28.6 Å². The van der Waals surface area contributed by atoms with Gasteiger partial charge in [0.05, 0.1) is 0 Å². The number of imidazole rings is 1. The van der Waals surface area contributed by atoms with Crippen LogP contribution in [0.5, 0.6) is 0 Å². The molecule has 1 N–H and O–H groups in total. The molecule has 7 heteroatoms. The van der Waals surface area contributed by atoms with E-state index in [0.29, 0.717) is 12.6 Å². The van der Waals surface area contributed by atoms with Crippen LogP contribution in [0.15, 0.2) is 11.4 Å². The van der Waals surface area contributed by atoms with Crippen LogP contribution in [0.4, 0.5) is 0 Å². The van der Waals surface area contributed by atoms with Gasteiger partial charge in [0.2, 0.25) is 0 Å². The molecule has 0 atom stereocenters. The minimum atomic E-state index is -1.04. The average molecular weight is 367 g/mol. The summed E-state index contributed by atoms with van der Waals surface area (Å²) in [4.78, 5) is 4.20. The average Bonchev–Trinajstić information content (AvgIpc) is 2.53. The van der Waals surface area contributed by atoms with Crippen LogP contribution in [-0.4, -0.2) is 35.7 Å². The Bertz CT molecular complexity index is 387. The molecular formula is C10H18IN3O2Si. The number of hydrogen-bond acceptors (Lipinski definition) is 4. The van der Waals surface area contributed by atoms with Crippen molar-refractivity contribution >= 4 is 36.9 Å². The summed E-state index contributed by atoms with van der Waals surface area (Å²) in [7, 11) is -1.04. The molecule has 1 heterocycles. The molecule has 0 fully saturated rings. The van der Waals surface area contributed by atoms with Crippen molar-refractivity contribution < 1.29 is 9.94 Å². The third-order valence-corrected chi connectivity index (χ3v) is 4.40. The summed E-state index contributed by atoms with van der Waals surface area (Å²) in [6, 6.07) is 1.14. The van der Waals surface area contributed by atoms with E-state index >= 15 is 0 Å². The summed E-state index contributed by atoms with van der Waals surface area (Å²) in [5.74, 6) is 0.602. The predicted molar refractivity (Wildman–Crippen MR) is 78.4 cm³/mol. The largest absolute Gasteiger partial charge is 0.411 e. The second kappa shape index (κ2) is 6.50. The molecule has 0 bridgehead atoms. The maximum absolute atomic E-state index is 8.51. The zero-order valence-electron chi connectivity index (χ0n) is 10.4. The van der Waals surface area contributed by atoms with E-state index in [-0.39, 0.29) is 0 Å². The lowest BCUT2D eigenvalue weighted by Gasteiger charge is -2.15. The molecule has 0 aliphatic heterocycles. The molecule has 0 aromatic carbocycles. The van der Waals surface area contributed by atoms with E-state index in [2.05, 4.69) is 52.4 Å². The number of aromatic nitrogens is 2. The van der Waals surface area contributed by atoms with Gasteiger partial charge in [0.15, 0.2) is 5.82 Å². The van der Waals surface area contributed by atoms with Crippen molar-refractivity contribution in [3.63, 3.8) is 0 Å². The summed E-state index contributed by atoms with van der Waals surface area (Å²) in [6.45, 7) is 8.17. The molecule has 1 aromatic heterocycles. The Balaban J connectivity index is 2.46. The first-order chi connectivity index (χ1) is 7.92. The first-order valence-corrected chi connectivity index (χ1v) is 10.2. The first-order valence-electron chi connectivity index (χ1n) is 5.40. The zero-order chi connectivity index (χ0) is 12.9. The maximum atomic E-state index is 8.51. The van der Waals surface area contributed by atoms with Crippen molar-refractivity contribution in [2.75, 3.05) is 6.61 Å². The van der Waals surface area contributed by atoms with Crippen LogP contribution < -0.4 is 0 Å². The van der Waals surface area contributed by atoms with Crippen molar-refractivity contribution in [3.05, 3.63) is 15.7 Å². The highest BCUT2D eigenvalue weighted by atomic mass is 127. The van der Waals surface area contributed by atoms with Crippen molar-refractivity contribution in [1.82, 2.24) is 9.55 Å². The quantitative estimate of drug-likeness (QED) is 0.210. The number of oxime groups is 1. The number of rotatable bonds is 6. The second-order valence-electron chi connectivity index (χ2n) is 4.98. The van der Waals surface area contributed by atoms with Gasteiger partial charge in [-0.2, -0.15) is 0 Å². The number of hydrogen-bond donors (Lipinski definition) is 1. The highest BCUT2D eigenvalue weighted by Gasteiger charge is 2.12. The fourth-order valence-electron chi connectivity index (χ4n) is 1.20. The molecule has 17 heavy (non-hydrogen) atoms. The maximum Gasteiger partial charge on any atom is 0.157 e. The van der Waals surface area contributed by atoms with Gasteiger partial charge in [0.1, 0.15) is 16.6 Å². The lowest BCUT2D eigenvalue weighted by molar-refractivity contribution is 0.0868. The molecule has 0 saturated heterocycles. The molecule has 0 spiro atoms. The fourth-order valence-corrected chi connectivity index (χ4v) is 2.54. The molecule has 0 amide bonds. The summed E-state index contributed by atoms with van der Waals surface area (Å²) in [6.07, 6.45) is 3.18. The minimum absolute atomic E-state index is 0.446. The van der Waals surface area contributed by atoms with Gasteiger partial charge in [-0.1, -0.05) is 24.8 Å². The standard InChI is InChI=1S/C10H18IN3O2Si/c1-17(2,3)5-4-16-8-14-7-9(11)13-10(14)6-12-15/h6-7,15H,4-5,8H2,1-3H3/b12-6+. The summed E-state index contributed by atoms with van der Waals surface area (Å²) in [5, 5.41) is 11.5. The van der Waals surface area contributed by atoms with E-state index < -0.39 is 8.07 Å². The van der Waals surface area contributed by atoms with Crippen LogP contribution in [-0.2, 0) is 11.5 Å². The highest BCUT2D eigenvalue weighted by molar-refractivity contribution is 14.1. The number of nitrogens with zero attached hydrogens (tertiary/aromatic N) is 3. The van der Waals surface area contributed by atoms with Gasteiger partial charge in [0, 0.05) is 20.9 Å². The van der Waals surface area contributed by atoms with Gasteiger partial charge >= 0.3 is 0 Å². The molecule has 0 saturated carbocycles. The van der Waals surface area contributed by atoms with Crippen molar-refractivity contribution in [3.8, 4) is 0 Å². The molecule has 96 valence electrons. The SMILES string of the molecule is C[Si](C)(C)CCOCn1cc(I)nc1/C=N/O. The Hall–Kier alpha value is -0.413. The number of halogens is 1. The Kier molecular flexibility index (Phi) is 5.60. The van der Waals surface area contributed by atoms with E-state index in [1.807, 2.05) is 10.8 Å². The van der Waals surface area contributed by atoms with Gasteiger partial charge in [-0.25, -0.2) is 4.98 Å². The smallest absolute Gasteiger partial charge is 0.157 e. The second-order valence-corrected chi connectivity index (χ2v) is 11.7. The Labute approximate surface area is 116 Å². The van der Waals surface area contributed by atoms with E-state index in [1.54, 1.807) is 0 Å². The number of ether oxygens (including phenoxy) is 1. The van der Waals surface area contributed by atoms with E-state index in [1.165, 1.54) is 6.21 Å². The van der Waals surface area contributed by atoms with Gasteiger partial charge in [-0.15, -0.1) is 0 Å². The molecule has 1 aromatic rings. The van der Waals surface area contributed by atoms with Crippen molar-refractivity contribution in [1.29, 1.82) is 0 Å². The fraction of sp³-hybridized carbons (Fsp3) is 0.600. The van der Waals surface area contributed by atoms with Crippen LogP contribution in [0.3, 0.4) is 0 Å². The van der Waals surface area contributed by atoms with E-state index in [4.69, 9.17) is 9.94 Å². The van der Waals surface area contributed by atoms with Gasteiger partial charge in [0.25, 0.3) is 0 Å². The van der Waals surface area contributed by atoms with Gasteiger partial charge < -0.3 is 14.5 Å². The lowest BCUT2D eigenvalue weighted by atomic mass is 10.6. The van der Waals surface area contributed by atoms with E-state index in [9.17, 15) is 0 Å². The monoisotopic (exact) mass is 367 g/mol. The van der Waals surface area contributed by atoms with Crippen molar-refractivity contribution in [2.24, 2.45) is 5.16 Å². The predicted octanol–water partition coefficient (Wildman–Crippen LogP) is 2.61. The molecule has 5 nitrogen and oxygen atoms in total. The first kappa shape index (κ1) is 14.6. The van der Waals surface area contributed by atoms with Crippen LogP contribution in [0.25, 0.3) is 0 Å². The minimum Gasteiger partial charge on any atom is -0.411 e. The molecule has 0 aliphatic carbocycles. The normalized spacial score (nSPS) is 12.5. The van der Waals surface area contributed by atoms with Crippen LogP contribution >= 0.6 is 22.6 Å². The topological polar surface area (TPSA) is 59.6 Å². The molecule has 0 unspecified atom stereocenters. The molecular weight excluding hydrogens is 349 g/mol. The van der Waals surface area contributed by atoms with Crippen molar-refractivity contribution in [2.45, 2.75) is 32.4 Å². The van der Waals surface area contributed by atoms with Crippen LogP contribution in [0.1, 0.15) is 5.82 Å². The Morgan fingerprint density at radius 1 is 1.59 bits per heavy atom. The Morgan fingerprint density at radius 3 is 2.88 bits per heavy atom. The molecule has 1 rings (SSSR count). The highest BCUT2D eigenvalue weighted by Crippen LogP contribution is 2.09. The Morgan fingerprint density at radius 2 is 2.29 bits per heavy atom. The van der Waals surface area contributed by atoms with Crippen LogP contribution in [0.2, 0.25) is 25.7 Å². The van der Waals surface area contributed by atoms with Gasteiger partial charge in [-0.3, -0.25) is 0 Å². The summed E-state index contributed by atoms with van der Waals surface area (Å²) >= 11 is 2.12. The lowest BCUT2D eigenvalue weighted by Crippen LogP contribution is -2.22. The third-order valence-electron chi connectivity index (χ3n) is 2.18. The summed E-state index contributed by atoms with van der Waals surface area (Å²) in [5.41, 5.74) is 0. The molecule has 0 aliphatic rings. The van der Waals surface area contributed by atoms with Crippen LogP contribution in [0, 0.1) is 3.70 Å². The zero-order valence-corrected chi connectivity index (χ0v) is 13.5. The van der Waals surface area contributed by atoms with E-state index in [0.717, 1.165) is 16.4 Å². The summed E-state index contributed by atoms with van der Waals surface area (Å²) < 4.78 is 8.29. The third kappa shape index (κ3) is 5.64. The molecule has 0 radical (unpaired) electrons.